The third kappa shape index (κ3) is 7.38. The molecule has 0 aliphatic heterocycles. The highest BCUT2D eigenvalue weighted by atomic mass is 16.2. The zero-order valence-corrected chi connectivity index (χ0v) is 13.6. The van der Waals surface area contributed by atoms with E-state index in [4.69, 9.17) is 0 Å². The van der Waals surface area contributed by atoms with Crippen molar-refractivity contribution in [3.05, 3.63) is 12.2 Å². The van der Waals surface area contributed by atoms with Gasteiger partial charge in [-0.05, 0) is 38.7 Å². The molecule has 0 atom stereocenters. The van der Waals surface area contributed by atoms with Crippen LogP contribution in [-0.2, 0) is 14.4 Å². The first-order valence-electron chi connectivity index (χ1n) is 8.35. The van der Waals surface area contributed by atoms with E-state index in [-0.39, 0.29) is 11.8 Å². The van der Waals surface area contributed by atoms with Gasteiger partial charge < -0.3 is 5.32 Å². The Labute approximate surface area is 133 Å². The molecule has 0 bridgehead atoms. The summed E-state index contributed by atoms with van der Waals surface area (Å²) in [4.78, 5) is 35.3. The maximum atomic E-state index is 11.8. The molecule has 0 aromatic rings. The second-order valence-electron chi connectivity index (χ2n) is 5.85. The number of carbonyl (C=O) groups is 3. The average Bonchev–Trinajstić information content (AvgIpc) is 2.52. The molecule has 124 valence electrons. The lowest BCUT2D eigenvalue weighted by Gasteiger charge is -2.22. The number of nitrogens with one attached hydrogen (secondary N) is 1. The van der Waals surface area contributed by atoms with Crippen molar-refractivity contribution in [3.63, 3.8) is 0 Å². The molecule has 0 radical (unpaired) electrons. The Balaban J connectivity index is 2.09. The van der Waals surface area contributed by atoms with Gasteiger partial charge in [-0.15, -0.1) is 0 Å². The van der Waals surface area contributed by atoms with E-state index in [9.17, 15) is 14.4 Å². The molecule has 0 aromatic carbocycles. The Morgan fingerprint density at radius 1 is 1.14 bits per heavy atom. The molecule has 1 aliphatic rings. The van der Waals surface area contributed by atoms with E-state index < -0.39 is 0 Å². The van der Waals surface area contributed by atoms with Crippen molar-refractivity contribution < 1.29 is 14.4 Å². The second-order valence-corrected chi connectivity index (χ2v) is 5.85. The van der Waals surface area contributed by atoms with Crippen LogP contribution in [0.3, 0.4) is 0 Å². The third-order valence-electron chi connectivity index (χ3n) is 3.99. The third-order valence-corrected chi connectivity index (χ3v) is 3.99. The molecule has 5 heteroatoms. The lowest BCUT2D eigenvalue weighted by Crippen LogP contribution is -2.36. The fourth-order valence-electron chi connectivity index (χ4n) is 2.74. The van der Waals surface area contributed by atoms with Crippen LogP contribution in [0.15, 0.2) is 12.2 Å². The van der Waals surface area contributed by atoms with Gasteiger partial charge in [-0.2, -0.15) is 0 Å². The summed E-state index contributed by atoms with van der Waals surface area (Å²) in [6.07, 6.45) is 12.4. The molecule has 5 nitrogen and oxygen atoms in total. The van der Waals surface area contributed by atoms with E-state index in [1.54, 1.807) is 13.0 Å². The Hall–Kier alpha value is -1.65. The number of rotatable bonds is 9. The SMILES string of the molecule is C/C=C\C(=O)N(C=O)CCCCCC(=O)NC1CCCCC1. The number of allylic oxidation sites excluding steroid dienone is 1. The van der Waals surface area contributed by atoms with E-state index in [1.807, 2.05) is 0 Å². The van der Waals surface area contributed by atoms with E-state index in [2.05, 4.69) is 5.32 Å². The van der Waals surface area contributed by atoms with E-state index >= 15 is 0 Å². The molecule has 3 amide bonds. The van der Waals surface area contributed by atoms with Crippen LogP contribution in [0.2, 0.25) is 0 Å². The van der Waals surface area contributed by atoms with Crippen LogP contribution < -0.4 is 5.32 Å². The molecular formula is C17H28N2O3. The van der Waals surface area contributed by atoms with Crippen molar-refractivity contribution in [3.8, 4) is 0 Å². The summed E-state index contributed by atoms with van der Waals surface area (Å²) in [6, 6.07) is 0.366. The van der Waals surface area contributed by atoms with Crippen LogP contribution in [0.1, 0.15) is 64.7 Å². The molecule has 0 aromatic heterocycles. The van der Waals surface area contributed by atoms with Crippen LogP contribution >= 0.6 is 0 Å². The first kappa shape index (κ1) is 18.4. The van der Waals surface area contributed by atoms with E-state index in [0.29, 0.717) is 25.4 Å². The molecule has 1 fully saturated rings. The number of hydrogen-bond acceptors (Lipinski definition) is 3. The minimum absolute atomic E-state index is 0.129. The zero-order chi connectivity index (χ0) is 16.2. The standard InChI is InChI=1S/C17H28N2O3/c1-2-9-17(22)19(14-20)13-8-4-7-12-16(21)18-15-10-5-3-6-11-15/h2,9,14-15H,3-8,10-13H2,1H3,(H,18,21)/b9-2-. The molecule has 0 heterocycles. The van der Waals surface area contributed by atoms with Gasteiger partial charge >= 0.3 is 0 Å². The summed E-state index contributed by atoms with van der Waals surface area (Å²) < 4.78 is 0. The van der Waals surface area contributed by atoms with Gasteiger partial charge in [-0.25, -0.2) is 0 Å². The molecule has 1 saturated carbocycles. The molecule has 1 aliphatic carbocycles. The highest BCUT2D eigenvalue weighted by Crippen LogP contribution is 2.17. The van der Waals surface area contributed by atoms with Crippen LogP contribution in [0, 0.1) is 0 Å². The summed E-state index contributed by atoms with van der Waals surface area (Å²) >= 11 is 0. The van der Waals surface area contributed by atoms with Crippen molar-refractivity contribution >= 4 is 18.2 Å². The molecule has 0 unspecified atom stereocenters. The van der Waals surface area contributed by atoms with Gasteiger partial charge in [0.2, 0.25) is 12.3 Å². The summed E-state index contributed by atoms with van der Waals surface area (Å²) in [5.74, 6) is -0.156. The van der Waals surface area contributed by atoms with E-state index in [0.717, 1.165) is 32.1 Å². The minimum Gasteiger partial charge on any atom is -0.353 e. The average molecular weight is 308 g/mol. The Morgan fingerprint density at radius 2 is 1.86 bits per heavy atom. The number of imide groups is 1. The quantitative estimate of drug-likeness (QED) is 0.404. The van der Waals surface area contributed by atoms with Crippen LogP contribution in [0.25, 0.3) is 0 Å². The molecule has 22 heavy (non-hydrogen) atoms. The Bertz CT molecular complexity index is 387. The van der Waals surface area contributed by atoms with Gasteiger partial charge in [0.25, 0.3) is 5.91 Å². The predicted octanol–water partition coefficient (Wildman–Crippen LogP) is 2.56. The van der Waals surface area contributed by atoms with Gasteiger partial charge in [-0.1, -0.05) is 31.8 Å². The highest BCUT2D eigenvalue weighted by molar-refractivity contribution is 5.94. The van der Waals surface area contributed by atoms with Gasteiger partial charge in [0, 0.05) is 19.0 Å². The number of nitrogens with zero attached hydrogens (tertiary/aromatic N) is 1. The summed E-state index contributed by atoms with van der Waals surface area (Å²) in [5.41, 5.74) is 0. The first-order valence-corrected chi connectivity index (χ1v) is 8.35. The zero-order valence-electron chi connectivity index (χ0n) is 13.6. The van der Waals surface area contributed by atoms with Crippen molar-refractivity contribution in [1.82, 2.24) is 10.2 Å². The van der Waals surface area contributed by atoms with Crippen LogP contribution in [0.4, 0.5) is 0 Å². The fourth-order valence-corrected chi connectivity index (χ4v) is 2.74. The monoisotopic (exact) mass is 308 g/mol. The lowest BCUT2D eigenvalue weighted by molar-refractivity contribution is -0.134. The van der Waals surface area contributed by atoms with Gasteiger partial charge in [0.15, 0.2) is 0 Å². The largest absolute Gasteiger partial charge is 0.353 e. The maximum absolute atomic E-state index is 11.8. The Kier molecular flexibility index (Phi) is 9.19. The molecule has 0 spiro atoms. The van der Waals surface area contributed by atoms with Crippen molar-refractivity contribution in [2.45, 2.75) is 70.8 Å². The van der Waals surface area contributed by atoms with Gasteiger partial charge in [0.1, 0.15) is 0 Å². The lowest BCUT2D eigenvalue weighted by atomic mass is 9.95. The van der Waals surface area contributed by atoms with E-state index in [1.165, 1.54) is 30.2 Å². The topological polar surface area (TPSA) is 66.5 Å². The number of unbranched alkanes of at least 4 members (excludes halogenated alkanes) is 2. The van der Waals surface area contributed by atoms with Crippen molar-refractivity contribution in [2.75, 3.05) is 6.54 Å². The van der Waals surface area contributed by atoms with Crippen LogP contribution in [0.5, 0.6) is 0 Å². The maximum Gasteiger partial charge on any atom is 0.252 e. The van der Waals surface area contributed by atoms with Crippen molar-refractivity contribution in [2.24, 2.45) is 0 Å². The van der Waals surface area contributed by atoms with Crippen LogP contribution in [-0.4, -0.2) is 35.7 Å². The Morgan fingerprint density at radius 3 is 2.50 bits per heavy atom. The summed E-state index contributed by atoms with van der Waals surface area (Å²) in [5, 5.41) is 3.10. The minimum atomic E-state index is -0.285. The molecular weight excluding hydrogens is 280 g/mol. The molecule has 0 saturated heterocycles. The fraction of sp³-hybridized carbons (Fsp3) is 0.706. The van der Waals surface area contributed by atoms with Crippen molar-refractivity contribution in [1.29, 1.82) is 0 Å². The predicted molar refractivity (Wildman–Crippen MR) is 86.1 cm³/mol. The second kappa shape index (κ2) is 11.0. The molecule has 1 N–H and O–H groups in total. The number of amides is 3. The number of hydrogen-bond donors (Lipinski definition) is 1. The molecule has 1 rings (SSSR count). The smallest absolute Gasteiger partial charge is 0.252 e. The number of carbonyl (C=O) groups excluding carboxylic acids is 3. The first-order chi connectivity index (χ1) is 10.7. The summed E-state index contributed by atoms with van der Waals surface area (Å²) in [6.45, 7) is 2.16. The highest BCUT2D eigenvalue weighted by Gasteiger charge is 2.15. The van der Waals surface area contributed by atoms with Gasteiger partial charge in [0.05, 0.1) is 0 Å². The summed E-state index contributed by atoms with van der Waals surface area (Å²) in [7, 11) is 0. The normalized spacial score (nSPS) is 15.7. The van der Waals surface area contributed by atoms with Gasteiger partial charge in [-0.3, -0.25) is 19.3 Å².